The van der Waals surface area contributed by atoms with Gasteiger partial charge < -0.3 is 15.5 Å². The van der Waals surface area contributed by atoms with Crippen molar-refractivity contribution in [1.29, 1.82) is 0 Å². The summed E-state index contributed by atoms with van der Waals surface area (Å²) in [5.74, 6) is -0.917. The zero-order chi connectivity index (χ0) is 14.8. The van der Waals surface area contributed by atoms with Crippen LogP contribution in [0.25, 0.3) is 0 Å². The van der Waals surface area contributed by atoms with Crippen LogP contribution in [0.5, 0.6) is 5.75 Å². The highest BCUT2D eigenvalue weighted by Crippen LogP contribution is 2.43. The number of benzene rings is 1. The first-order chi connectivity index (χ1) is 9.42. The number of carboxylic acid groups (broad SMARTS) is 1. The molecule has 0 saturated heterocycles. The standard InChI is InChI=1S/C15H19NO4/c1-10-7-11(17)3-4-12(10)14(20)16-9-15(5-2-6-15)8-13(18)19/h3-4,7,17H,2,5-6,8-9H2,1H3,(H,16,20)(H,18,19). The number of aryl methyl sites for hydroxylation is 1. The molecule has 108 valence electrons. The molecule has 5 heteroatoms. The van der Waals surface area contributed by atoms with E-state index in [2.05, 4.69) is 5.32 Å². The molecule has 0 aliphatic heterocycles. The molecule has 0 bridgehead atoms. The Hall–Kier alpha value is -2.04. The number of hydrogen-bond acceptors (Lipinski definition) is 3. The number of phenols is 1. The number of aliphatic carboxylic acids is 1. The summed E-state index contributed by atoms with van der Waals surface area (Å²) < 4.78 is 0. The Morgan fingerprint density at radius 3 is 2.55 bits per heavy atom. The molecule has 0 unspecified atom stereocenters. The van der Waals surface area contributed by atoms with Crippen LogP contribution in [0.4, 0.5) is 0 Å². The number of nitrogens with one attached hydrogen (secondary N) is 1. The van der Waals surface area contributed by atoms with E-state index >= 15 is 0 Å². The van der Waals surface area contributed by atoms with Crippen LogP contribution in [0, 0.1) is 12.3 Å². The molecule has 0 spiro atoms. The molecule has 1 fully saturated rings. The summed E-state index contributed by atoms with van der Waals surface area (Å²) in [6.45, 7) is 2.14. The van der Waals surface area contributed by atoms with Crippen LogP contribution in [-0.4, -0.2) is 28.6 Å². The number of aromatic hydroxyl groups is 1. The summed E-state index contributed by atoms with van der Waals surface area (Å²) in [6.07, 6.45) is 2.80. The van der Waals surface area contributed by atoms with Crippen LogP contribution >= 0.6 is 0 Å². The van der Waals surface area contributed by atoms with Crippen molar-refractivity contribution in [2.24, 2.45) is 5.41 Å². The second-order valence-electron chi connectivity index (χ2n) is 5.61. The Morgan fingerprint density at radius 2 is 2.05 bits per heavy atom. The van der Waals surface area contributed by atoms with E-state index in [0.29, 0.717) is 17.7 Å². The van der Waals surface area contributed by atoms with E-state index in [1.54, 1.807) is 13.0 Å². The van der Waals surface area contributed by atoms with E-state index in [4.69, 9.17) is 5.11 Å². The quantitative estimate of drug-likeness (QED) is 0.769. The molecule has 0 aromatic heterocycles. The minimum atomic E-state index is -0.820. The van der Waals surface area contributed by atoms with Crippen molar-refractivity contribution in [1.82, 2.24) is 5.32 Å². The molecule has 1 amide bonds. The molecule has 1 aromatic rings. The van der Waals surface area contributed by atoms with Gasteiger partial charge in [0, 0.05) is 12.1 Å². The van der Waals surface area contributed by atoms with E-state index in [0.717, 1.165) is 19.3 Å². The summed E-state index contributed by atoms with van der Waals surface area (Å²) >= 11 is 0. The number of amides is 1. The van der Waals surface area contributed by atoms with Crippen LogP contribution in [0.15, 0.2) is 18.2 Å². The first-order valence-corrected chi connectivity index (χ1v) is 6.71. The Morgan fingerprint density at radius 1 is 1.35 bits per heavy atom. The van der Waals surface area contributed by atoms with Crippen LogP contribution in [0.2, 0.25) is 0 Å². The van der Waals surface area contributed by atoms with Gasteiger partial charge in [0.2, 0.25) is 0 Å². The summed E-state index contributed by atoms with van der Waals surface area (Å²) in [5, 5.41) is 21.1. The van der Waals surface area contributed by atoms with Gasteiger partial charge >= 0.3 is 5.97 Å². The molecular formula is C15H19NO4. The molecule has 3 N–H and O–H groups in total. The molecule has 0 heterocycles. The highest BCUT2D eigenvalue weighted by molar-refractivity contribution is 5.95. The third kappa shape index (κ3) is 3.10. The molecule has 20 heavy (non-hydrogen) atoms. The predicted molar refractivity (Wildman–Crippen MR) is 73.7 cm³/mol. The third-order valence-electron chi connectivity index (χ3n) is 4.02. The van der Waals surface area contributed by atoms with Crippen molar-refractivity contribution in [3.05, 3.63) is 29.3 Å². The summed E-state index contributed by atoms with van der Waals surface area (Å²) in [5.41, 5.74) is 0.919. The average Bonchev–Trinajstić information content (AvgIpc) is 2.31. The normalized spacial score (nSPS) is 16.2. The van der Waals surface area contributed by atoms with Gasteiger partial charge in [-0.25, -0.2) is 0 Å². The third-order valence-corrected chi connectivity index (χ3v) is 4.02. The van der Waals surface area contributed by atoms with Crippen molar-refractivity contribution in [2.45, 2.75) is 32.6 Å². The van der Waals surface area contributed by atoms with Crippen LogP contribution < -0.4 is 5.32 Å². The fourth-order valence-electron chi connectivity index (χ4n) is 2.68. The van der Waals surface area contributed by atoms with Gasteiger partial charge in [-0.3, -0.25) is 9.59 Å². The minimum Gasteiger partial charge on any atom is -0.508 e. The highest BCUT2D eigenvalue weighted by Gasteiger charge is 2.39. The molecule has 1 aliphatic carbocycles. The maximum Gasteiger partial charge on any atom is 0.303 e. The highest BCUT2D eigenvalue weighted by atomic mass is 16.4. The van der Waals surface area contributed by atoms with Crippen molar-refractivity contribution in [2.75, 3.05) is 6.54 Å². The van der Waals surface area contributed by atoms with E-state index in [1.165, 1.54) is 12.1 Å². The first-order valence-electron chi connectivity index (χ1n) is 6.71. The monoisotopic (exact) mass is 277 g/mol. The van der Waals surface area contributed by atoms with Crippen LogP contribution in [0.1, 0.15) is 41.6 Å². The van der Waals surface area contributed by atoms with Gasteiger partial charge in [-0.05, 0) is 48.9 Å². The van der Waals surface area contributed by atoms with Gasteiger partial charge in [0.05, 0.1) is 6.42 Å². The number of hydrogen-bond donors (Lipinski definition) is 3. The fourth-order valence-corrected chi connectivity index (χ4v) is 2.68. The van der Waals surface area contributed by atoms with Crippen LogP contribution in [-0.2, 0) is 4.79 Å². The average molecular weight is 277 g/mol. The zero-order valence-electron chi connectivity index (χ0n) is 11.5. The van der Waals surface area contributed by atoms with Crippen LogP contribution in [0.3, 0.4) is 0 Å². The molecule has 0 radical (unpaired) electrons. The molecule has 5 nitrogen and oxygen atoms in total. The molecule has 1 aliphatic rings. The molecule has 0 atom stereocenters. The predicted octanol–water partition coefficient (Wildman–Crippen LogP) is 2.08. The lowest BCUT2D eigenvalue weighted by atomic mass is 9.66. The topological polar surface area (TPSA) is 86.6 Å². The van der Waals surface area contributed by atoms with Gasteiger partial charge in [0.1, 0.15) is 5.75 Å². The SMILES string of the molecule is Cc1cc(O)ccc1C(=O)NCC1(CC(=O)O)CCC1. The fraction of sp³-hybridized carbons (Fsp3) is 0.467. The summed E-state index contributed by atoms with van der Waals surface area (Å²) in [7, 11) is 0. The van der Waals surface area contributed by atoms with Gasteiger partial charge in [-0.2, -0.15) is 0 Å². The lowest BCUT2D eigenvalue weighted by Crippen LogP contribution is -2.43. The van der Waals surface area contributed by atoms with E-state index < -0.39 is 5.97 Å². The van der Waals surface area contributed by atoms with Crippen molar-refractivity contribution in [3.8, 4) is 5.75 Å². The number of carbonyl (C=O) groups excluding carboxylic acids is 1. The Labute approximate surface area is 117 Å². The lowest BCUT2D eigenvalue weighted by Gasteiger charge is -2.40. The minimum absolute atomic E-state index is 0.0990. The van der Waals surface area contributed by atoms with Gasteiger partial charge in [0.25, 0.3) is 5.91 Å². The van der Waals surface area contributed by atoms with Crippen molar-refractivity contribution < 1.29 is 19.8 Å². The van der Waals surface area contributed by atoms with Gasteiger partial charge in [-0.1, -0.05) is 6.42 Å². The van der Waals surface area contributed by atoms with Crippen molar-refractivity contribution >= 4 is 11.9 Å². The first kappa shape index (κ1) is 14.4. The Kier molecular flexibility index (Phi) is 3.97. The number of carbonyl (C=O) groups is 2. The lowest BCUT2D eigenvalue weighted by molar-refractivity contribution is -0.141. The molecule has 1 saturated carbocycles. The maximum atomic E-state index is 12.1. The van der Waals surface area contributed by atoms with E-state index in [9.17, 15) is 14.7 Å². The summed E-state index contributed by atoms with van der Waals surface area (Å²) in [4.78, 5) is 23.0. The van der Waals surface area contributed by atoms with Crippen molar-refractivity contribution in [3.63, 3.8) is 0 Å². The number of rotatable bonds is 5. The smallest absolute Gasteiger partial charge is 0.303 e. The molecule has 2 rings (SSSR count). The second kappa shape index (κ2) is 5.53. The molecule has 1 aromatic carbocycles. The molecular weight excluding hydrogens is 258 g/mol. The zero-order valence-corrected chi connectivity index (χ0v) is 11.5. The largest absolute Gasteiger partial charge is 0.508 e. The van der Waals surface area contributed by atoms with Gasteiger partial charge in [-0.15, -0.1) is 0 Å². The summed E-state index contributed by atoms with van der Waals surface area (Å²) in [6, 6.07) is 4.58. The maximum absolute atomic E-state index is 12.1. The van der Waals surface area contributed by atoms with E-state index in [-0.39, 0.29) is 23.5 Å². The number of carboxylic acids is 1. The Balaban J connectivity index is 1.99. The van der Waals surface area contributed by atoms with Gasteiger partial charge in [0.15, 0.2) is 0 Å². The van der Waals surface area contributed by atoms with E-state index in [1.807, 2.05) is 0 Å². The Bertz CT molecular complexity index is 535. The second-order valence-corrected chi connectivity index (χ2v) is 5.61. The number of phenolic OH excluding ortho intramolecular Hbond substituents is 1.